The van der Waals surface area contributed by atoms with Gasteiger partial charge in [-0.1, -0.05) is 6.92 Å². The van der Waals surface area contributed by atoms with Crippen molar-refractivity contribution in [2.45, 2.75) is 26.2 Å². The minimum atomic E-state index is -0.407. The van der Waals surface area contributed by atoms with E-state index in [0.29, 0.717) is 11.7 Å². The zero-order valence-corrected chi connectivity index (χ0v) is 14.9. The van der Waals surface area contributed by atoms with Crippen LogP contribution in [0, 0.1) is 16.0 Å². The SMILES string of the molecule is CC1CCc2c(sc3ncn4c(-c5ccc([N+](=O)[O-])cc5)nnc4c23)C1. The molecule has 1 aliphatic carbocycles. The van der Waals surface area contributed by atoms with Crippen molar-refractivity contribution < 1.29 is 4.92 Å². The molecule has 3 aromatic heterocycles. The zero-order valence-electron chi connectivity index (χ0n) is 14.0. The second-order valence-electron chi connectivity index (χ2n) is 6.80. The Morgan fingerprint density at radius 1 is 1.27 bits per heavy atom. The lowest BCUT2D eigenvalue weighted by molar-refractivity contribution is -0.384. The minimum absolute atomic E-state index is 0.0594. The normalized spacial score (nSPS) is 16.9. The van der Waals surface area contributed by atoms with E-state index in [1.165, 1.54) is 29.0 Å². The molecule has 4 aromatic rings. The lowest BCUT2D eigenvalue weighted by Crippen LogP contribution is -2.08. The van der Waals surface area contributed by atoms with Crippen LogP contribution < -0.4 is 0 Å². The van der Waals surface area contributed by atoms with Crippen LogP contribution in [0.5, 0.6) is 0 Å². The Morgan fingerprint density at radius 3 is 2.85 bits per heavy atom. The van der Waals surface area contributed by atoms with Crippen LogP contribution in [-0.2, 0) is 12.8 Å². The Balaban J connectivity index is 1.69. The lowest BCUT2D eigenvalue weighted by atomic mass is 9.89. The van der Waals surface area contributed by atoms with Crippen LogP contribution >= 0.6 is 11.3 Å². The summed E-state index contributed by atoms with van der Waals surface area (Å²) >= 11 is 1.76. The van der Waals surface area contributed by atoms with Gasteiger partial charge < -0.3 is 0 Å². The van der Waals surface area contributed by atoms with Gasteiger partial charge in [0.2, 0.25) is 0 Å². The molecule has 0 saturated heterocycles. The standard InChI is InChI=1S/C18H15N5O2S/c1-10-2-7-13-14(8-10)26-18-15(13)17-21-20-16(22(17)9-19-18)11-3-5-12(6-4-11)23(24)25/h3-6,9-10H,2,7-8H2,1H3. The van der Waals surface area contributed by atoms with Crippen molar-refractivity contribution in [2.24, 2.45) is 5.92 Å². The molecular formula is C18H15N5O2S. The monoisotopic (exact) mass is 365 g/mol. The Morgan fingerprint density at radius 2 is 2.08 bits per heavy atom. The second-order valence-corrected chi connectivity index (χ2v) is 7.88. The fourth-order valence-corrected chi connectivity index (χ4v) is 5.01. The summed E-state index contributed by atoms with van der Waals surface area (Å²) in [6.07, 6.45) is 5.09. The summed E-state index contributed by atoms with van der Waals surface area (Å²) in [4.78, 5) is 17.5. The first-order valence-electron chi connectivity index (χ1n) is 8.50. The highest BCUT2D eigenvalue weighted by atomic mass is 32.1. The third-order valence-electron chi connectivity index (χ3n) is 5.04. The summed E-state index contributed by atoms with van der Waals surface area (Å²) < 4.78 is 1.88. The van der Waals surface area contributed by atoms with Crippen LogP contribution in [0.15, 0.2) is 30.6 Å². The number of non-ortho nitro benzene ring substituents is 1. The van der Waals surface area contributed by atoms with E-state index in [0.717, 1.165) is 34.3 Å². The topological polar surface area (TPSA) is 86.2 Å². The fraction of sp³-hybridized carbons (Fsp3) is 0.278. The number of benzene rings is 1. The van der Waals surface area contributed by atoms with Crippen molar-refractivity contribution in [2.75, 3.05) is 0 Å². The van der Waals surface area contributed by atoms with E-state index in [9.17, 15) is 10.1 Å². The molecule has 0 amide bonds. The van der Waals surface area contributed by atoms with Crippen molar-refractivity contribution in [1.29, 1.82) is 0 Å². The van der Waals surface area contributed by atoms with Gasteiger partial charge in [-0.25, -0.2) is 4.98 Å². The molecule has 26 heavy (non-hydrogen) atoms. The molecule has 1 aromatic carbocycles. The molecule has 0 aliphatic heterocycles. The van der Waals surface area contributed by atoms with Gasteiger partial charge in [-0.2, -0.15) is 0 Å². The molecule has 0 N–H and O–H groups in total. The molecule has 1 aliphatic rings. The summed E-state index contributed by atoms with van der Waals surface area (Å²) in [5.74, 6) is 1.36. The van der Waals surface area contributed by atoms with Gasteiger partial charge in [0.25, 0.3) is 5.69 Å². The van der Waals surface area contributed by atoms with Crippen molar-refractivity contribution in [3.8, 4) is 11.4 Å². The third-order valence-corrected chi connectivity index (χ3v) is 6.20. The first-order chi connectivity index (χ1) is 12.6. The predicted octanol–water partition coefficient (Wildman–Crippen LogP) is 4.04. The lowest BCUT2D eigenvalue weighted by Gasteiger charge is -2.17. The molecular weight excluding hydrogens is 350 g/mol. The largest absolute Gasteiger partial charge is 0.269 e. The molecule has 7 nitrogen and oxygen atoms in total. The summed E-state index contributed by atoms with van der Waals surface area (Å²) in [5.41, 5.74) is 3.02. The number of fused-ring (bicyclic) bond motifs is 5. The van der Waals surface area contributed by atoms with E-state index < -0.39 is 4.92 Å². The number of nitro groups is 1. The molecule has 0 fully saturated rings. The average Bonchev–Trinajstić information content (AvgIpc) is 3.21. The van der Waals surface area contributed by atoms with Crippen LogP contribution in [0.2, 0.25) is 0 Å². The molecule has 1 atom stereocenters. The van der Waals surface area contributed by atoms with Crippen LogP contribution in [-0.4, -0.2) is 24.5 Å². The number of aryl methyl sites for hydroxylation is 1. The maximum atomic E-state index is 10.9. The van der Waals surface area contributed by atoms with Crippen LogP contribution in [0.25, 0.3) is 27.3 Å². The maximum absolute atomic E-state index is 10.9. The van der Waals surface area contributed by atoms with E-state index in [2.05, 4.69) is 22.1 Å². The number of aromatic nitrogens is 4. The van der Waals surface area contributed by atoms with E-state index in [-0.39, 0.29) is 5.69 Å². The fourth-order valence-electron chi connectivity index (χ4n) is 3.67. The van der Waals surface area contributed by atoms with E-state index >= 15 is 0 Å². The molecule has 0 radical (unpaired) electrons. The maximum Gasteiger partial charge on any atom is 0.269 e. The van der Waals surface area contributed by atoms with Crippen molar-refractivity contribution in [1.82, 2.24) is 19.6 Å². The second kappa shape index (κ2) is 5.57. The minimum Gasteiger partial charge on any atom is -0.265 e. The summed E-state index contributed by atoms with van der Waals surface area (Å²) in [5, 5.41) is 20.7. The Labute approximate surface area is 152 Å². The van der Waals surface area contributed by atoms with E-state index in [1.54, 1.807) is 29.8 Å². The number of rotatable bonds is 2. The van der Waals surface area contributed by atoms with Crippen LogP contribution in [0.4, 0.5) is 5.69 Å². The van der Waals surface area contributed by atoms with Crippen molar-refractivity contribution in [3.05, 3.63) is 51.1 Å². The van der Waals surface area contributed by atoms with Gasteiger partial charge in [0.1, 0.15) is 11.2 Å². The number of nitrogens with zero attached hydrogens (tertiary/aromatic N) is 5. The molecule has 1 unspecified atom stereocenters. The number of nitro benzene ring substituents is 1. The van der Waals surface area contributed by atoms with Gasteiger partial charge in [-0.15, -0.1) is 21.5 Å². The van der Waals surface area contributed by atoms with Gasteiger partial charge >= 0.3 is 0 Å². The molecule has 3 heterocycles. The van der Waals surface area contributed by atoms with Crippen molar-refractivity contribution >= 4 is 32.9 Å². The first-order valence-corrected chi connectivity index (χ1v) is 9.32. The Kier molecular flexibility index (Phi) is 3.30. The third kappa shape index (κ3) is 2.22. The number of hydrogen-bond donors (Lipinski definition) is 0. The average molecular weight is 365 g/mol. The molecule has 0 spiro atoms. The van der Waals surface area contributed by atoms with Gasteiger partial charge in [0, 0.05) is 22.6 Å². The molecule has 130 valence electrons. The summed E-state index contributed by atoms with van der Waals surface area (Å²) in [6, 6.07) is 6.36. The van der Waals surface area contributed by atoms with Gasteiger partial charge in [0.05, 0.1) is 10.3 Å². The van der Waals surface area contributed by atoms with Crippen molar-refractivity contribution in [3.63, 3.8) is 0 Å². The summed E-state index contributed by atoms with van der Waals surface area (Å²) in [7, 11) is 0. The smallest absolute Gasteiger partial charge is 0.265 e. The first kappa shape index (κ1) is 15.4. The molecule has 8 heteroatoms. The number of thiophene rings is 1. The van der Waals surface area contributed by atoms with Gasteiger partial charge in [0.15, 0.2) is 11.5 Å². The zero-order chi connectivity index (χ0) is 17.8. The Bertz CT molecular complexity index is 1160. The predicted molar refractivity (Wildman–Crippen MR) is 99.4 cm³/mol. The van der Waals surface area contributed by atoms with Crippen LogP contribution in [0.1, 0.15) is 23.8 Å². The highest BCUT2D eigenvalue weighted by Crippen LogP contribution is 2.39. The highest BCUT2D eigenvalue weighted by molar-refractivity contribution is 7.19. The number of hydrogen-bond acceptors (Lipinski definition) is 6. The molecule has 0 bridgehead atoms. The quantitative estimate of drug-likeness (QED) is 0.395. The van der Waals surface area contributed by atoms with E-state index in [1.807, 2.05) is 4.40 Å². The van der Waals surface area contributed by atoms with Crippen LogP contribution in [0.3, 0.4) is 0 Å². The Hall–Kier alpha value is -2.87. The van der Waals surface area contributed by atoms with Gasteiger partial charge in [-0.05, 0) is 42.9 Å². The highest BCUT2D eigenvalue weighted by Gasteiger charge is 2.24. The molecule has 0 saturated carbocycles. The van der Waals surface area contributed by atoms with Gasteiger partial charge in [-0.3, -0.25) is 14.5 Å². The van der Waals surface area contributed by atoms with E-state index in [4.69, 9.17) is 0 Å². The molecule has 5 rings (SSSR count). The summed E-state index contributed by atoms with van der Waals surface area (Å²) in [6.45, 7) is 2.29.